The van der Waals surface area contributed by atoms with Gasteiger partial charge in [-0.1, -0.05) is 41.9 Å². The van der Waals surface area contributed by atoms with Crippen LogP contribution in [0.1, 0.15) is 25.5 Å². The monoisotopic (exact) mass is 546 g/mol. The molecule has 2 atom stereocenters. The Morgan fingerprint density at radius 2 is 1.78 bits per heavy atom. The summed E-state index contributed by atoms with van der Waals surface area (Å²) in [5.74, 6) is -0.511. The van der Waals surface area contributed by atoms with E-state index < -0.39 is 22.0 Å². The lowest BCUT2D eigenvalue weighted by atomic mass is 9.94. The number of nitrogens with zero attached hydrogens (tertiary/aromatic N) is 3. The van der Waals surface area contributed by atoms with Gasteiger partial charge >= 0.3 is 12.0 Å². The van der Waals surface area contributed by atoms with Gasteiger partial charge in [0.1, 0.15) is 0 Å². The van der Waals surface area contributed by atoms with Gasteiger partial charge in [-0.25, -0.2) is 18.0 Å². The minimum Gasteiger partial charge on any atom is -0.463 e. The van der Waals surface area contributed by atoms with E-state index in [1.165, 1.54) is 9.21 Å². The van der Waals surface area contributed by atoms with Crippen molar-refractivity contribution in [2.24, 2.45) is 0 Å². The van der Waals surface area contributed by atoms with Crippen molar-refractivity contribution in [3.63, 3.8) is 0 Å². The molecule has 1 fully saturated rings. The third-order valence-corrected chi connectivity index (χ3v) is 8.93. The first-order valence-corrected chi connectivity index (χ1v) is 13.9. The molecule has 9 nitrogen and oxygen atoms in total. The Kier molecular flexibility index (Phi) is 8.23. The zero-order valence-electron chi connectivity index (χ0n) is 21.1. The zero-order valence-corrected chi connectivity index (χ0v) is 22.6. The van der Waals surface area contributed by atoms with Crippen molar-refractivity contribution in [1.29, 1.82) is 0 Å². The zero-order chi connectivity index (χ0) is 26.7. The van der Waals surface area contributed by atoms with E-state index in [2.05, 4.69) is 10.2 Å². The molecule has 2 aliphatic heterocycles. The van der Waals surface area contributed by atoms with Crippen molar-refractivity contribution < 1.29 is 22.7 Å². The molecule has 2 aliphatic rings. The first kappa shape index (κ1) is 27.1. The molecule has 2 amide bonds. The molecule has 0 aromatic heterocycles. The summed E-state index contributed by atoms with van der Waals surface area (Å²) in [4.78, 5) is 29.8. The summed E-state index contributed by atoms with van der Waals surface area (Å²) in [7, 11) is -2.02. The van der Waals surface area contributed by atoms with Crippen molar-refractivity contribution in [1.82, 2.24) is 19.4 Å². The number of hydrogen-bond donors (Lipinski definition) is 1. The van der Waals surface area contributed by atoms with Gasteiger partial charge in [-0.3, -0.25) is 9.80 Å². The number of hydrogen-bond acceptors (Lipinski definition) is 6. The number of rotatable bonds is 7. The highest BCUT2D eigenvalue weighted by Gasteiger charge is 2.39. The van der Waals surface area contributed by atoms with Gasteiger partial charge in [0.05, 0.1) is 23.1 Å². The Hall–Kier alpha value is -2.92. The standard InChI is InChI=1S/C26H31ClN4O5S/c1-4-36-25(32)23-22(29(3)26(33)28-24(23)19-10-12-20(27)13-11-19)17-30-14-15-31(18(2)16-30)37(34,35)21-8-6-5-7-9-21/h5-13,18,24H,4,14-17H2,1-3H3,(H,28,33). The van der Waals surface area contributed by atoms with Gasteiger partial charge in [-0.2, -0.15) is 4.31 Å². The van der Waals surface area contributed by atoms with Crippen LogP contribution in [0.2, 0.25) is 5.02 Å². The Morgan fingerprint density at radius 3 is 2.41 bits per heavy atom. The second-order valence-electron chi connectivity index (χ2n) is 9.09. The normalized spacial score (nSPS) is 21.6. The van der Waals surface area contributed by atoms with Gasteiger partial charge in [0.25, 0.3) is 0 Å². The molecule has 0 bridgehead atoms. The van der Waals surface area contributed by atoms with Crippen LogP contribution in [0, 0.1) is 0 Å². The molecule has 2 unspecified atom stereocenters. The van der Waals surface area contributed by atoms with E-state index in [9.17, 15) is 18.0 Å². The van der Waals surface area contributed by atoms with Crippen molar-refractivity contribution in [3.05, 3.63) is 76.5 Å². The van der Waals surface area contributed by atoms with Crippen molar-refractivity contribution >= 4 is 33.6 Å². The van der Waals surface area contributed by atoms with E-state index in [4.69, 9.17) is 16.3 Å². The molecule has 2 aromatic rings. The first-order chi connectivity index (χ1) is 17.6. The lowest BCUT2D eigenvalue weighted by Gasteiger charge is -2.41. The summed E-state index contributed by atoms with van der Waals surface area (Å²) in [5, 5.41) is 3.44. The number of urea groups is 1. The van der Waals surface area contributed by atoms with Gasteiger partial charge in [0, 0.05) is 50.0 Å². The van der Waals surface area contributed by atoms with Crippen LogP contribution in [0.4, 0.5) is 4.79 Å². The summed E-state index contributed by atoms with van der Waals surface area (Å²) in [6.07, 6.45) is 0. The second kappa shape index (κ2) is 11.2. The Bertz CT molecular complexity index is 1280. The van der Waals surface area contributed by atoms with E-state index >= 15 is 0 Å². The summed E-state index contributed by atoms with van der Waals surface area (Å²) >= 11 is 6.05. The Morgan fingerprint density at radius 1 is 1.11 bits per heavy atom. The lowest BCUT2D eigenvalue weighted by molar-refractivity contribution is -0.139. The number of carbonyl (C=O) groups is 2. The summed E-state index contributed by atoms with van der Waals surface area (Å²) in [6.45, 7) is 5.23. The molecular formula is C26H31ClN4O5S. The molecule has 1 N–H and O–H groups in total. The van der Waals surface area contributed by atoms with Gasteiger partial charge in [0.15, 0.2) is 0 Å². The molecule has 0 aliphatic carbocycles. The number of halogens is 1. The molecule has 0 radical (unpaired) electrons. The summed E-state index contributed by atoms with van der Waals surface area (Å²) in [5.41, 5.74) is 1.57. The Labute approximate surface area is 222 Å². The number of likely N-dealkylation sites (N-methyl/N-ethyl adjacent to an activating group) is 1. The molecular weight excluding hydrogens is 516 g/mol. The summed E-state index contributed by atoms with van der Waals surface area (Å²) < 4.78 is 33.3. The third-order valence-electron chi connectivity index (χ3n) is 6.65. The highest BCUT2D eigenvalue weighted by atomic mass is 35.5. The maximum Gasteiger partial charge on any atom is 0.338 e. The Balaban J connectivity index is 1.62. The molecule has 11 heteroatoms. The maximum absolute atomic E-state index is 13.2. The minimum absolute atomic E-state index is 0.188. The van der Waals surface area contributed by atoms with Crippen molar-refractivity contribution in [2.45, 2.75) is 30.8 Å². The van der Waals surface area contributed by atoms with Crippen molar-refractivity contribution in [3.8, 4) is 0 Å². The average molecular weight is 547 g/mol. The first-order valence-electron chi connectivity index (χ1n) is 12.1. The molecule has 2 heterocycles. The number of benzene rings is 2. The van der Waals surface area contributed by atoms with Crippen LogP contribution >= 0.6 is 11.6 Å². The number of piperazine rings is 1. The highest BCUT2D eigenvalue weighted by Crippen LogP contribution is 2.32. The predicted octanol–water partition coefficient (Wildman–Crippen LogP) is 3.25. The van der Waals surface area contributed by atoms with Crippen LogP contribution in [-0.2, 0) is 19.6 Å². The number of carbonyl (C=O) groups excluding carboxylic acids is 2. The van der Waals surface area contributed by atoms with Gasteiger partial charge < -0.3 is 10.1 Å². The van der Waals surface area contributed by atoms with E-state index in [1.807, 2.05) is 6.92 Å². The number of amides is 2. The van der Waals surface area contributed by atoms with Gasteiger partial charge in [-0.05, 0) is 43.7 Å². The number of nitrogens with one attached hydrogen (secondary N) is 1. The molecule has 1 saturated heterocycles. The fourth-order valence-corrected chi connectivity index (χ4v) is 6.52. The molecule has 0 spiro atoms. The van der Waals surface area contributed by atoms with Gasteiger partial charge in [-0.15, -0.1) is 0 Å². The molecule has 37 heavy (non-hydrogen) atoms. The number of esters is 1. The second-order valence-corrected chi connectivity index (χ2v) is 11.4. The van der Waals surface area contributed by atoms with Crippen LogP contribution in [-0.4, -0.2) is 80.4 Å². The van der Waals surface area contributed by atoms with Crippen LogP contribution in [0.25, 0.3) is 0 Å². The SMILES string of the molecule is CCOC(=O)C1=C(CN2CCN(S(=O)(=O)c3ccccc3)C(C)C2)N(C)C(=O)NC1c1ccc(Cl)cc1. The van der Waals surface area contributed by atoms with E-state index in [0.717, 1.165) is 0 Å². The third kappa shape index (κ3) is 5.67. The number of ether oxygens (including phenoxy) is 1. The fraction of sp³-hybridized carbons (Fsp3) is 0.385. The maximum atomic E-state index is 13.2. The average Bonchev–Trinajstić information content (AvgIpc) is 2.87. The van der Waals surface area contributed by atoms with E-state index in [1.54, 1.807) is 68.6 Å². The van der Waals surface area contributed by atoms with Crippen LogP contribution < -0.4 is 5.32 Å². The molecule has 0 saturated carbocycles. The number of sulfonamides is 1. The highest BCUT2D eigenvalue weighted by molar-refractivity contribution is 7.89. The van der Waals surface area contributed by atoms with Crippen molar-refractivity contribution in [2.75, 3.05) is 39.8 Å². The molecule has 2 aromatic carbocycles. The smallest absolute Gasteiger partial charge is 0.338 e. The fourth-order valence-electron chi connectivity index (χ4n) is 4.76. The topological polar surface area (TPSA) is 99.3 Å². The predicted molar refractivity (Wildman–Crippen MR) is 140 cm³/mol. The minimum atomic E-state index is -3.63. The van der Waals surface area contributed by atoms with Crippen LogP contribution in [0.5, 0.6) is 0 Å². The molecule has 198 valence electrons. The largest absolute Gasteiger partial charge is 0.463 e. The lowest BCUT2D eigenvalue weighted by Crippen LogP contribution is -2.56. The molecule has 4 rings (SSSR count). The van der Waals surface area contributed by atoms with Crippen LogP contribution in [0.15, 0.2) is 70.8 Å². The van der Waals surface area contributed by atoms with E-state index in [0.29, 0.717) is 34.9 Å². The van der Waals surface area contributed by atoms with Gasteiger partial charge in [0.2, 0.25) is 10.0 Å². The van der Waals surface area contributed by atoms with Crippen LogP contribution in [0.3, 0.4) is 0 Å². The summed E-state index contributed by atoms with van der Waals surface area (Å²) in [6, 6.07) is 14.0. The quantitative estimate of drug-likeness (QED) is 0.535. The van der Waals surface area contributed by atoms with E-state index in [-0.39, 0.29) is 36.7 Å².